The lowest BCUT2D eigenvalue weighted by molar-refractivity contribution is 0.0420. The van der Waals surface area contributed by atoms with Gasteiger partial charge in [0.25, 0.3) is 0 Å². The third-order valence-corrected chi connectivity index (χ3v) is 5.02. The van der Waals surface area contributed by atoms with E-state index >= 15 is 0 Å². The molecule has 1 aromatic heterocycles. The maximum absolute atomic E-state index is 5.78. The van der Waals surface area contributed by atoms with Crippen LogP contribution in [0.25, 0.3) is 5.69 Å². The van der Waals surface area contributed by atoms with E-state index in [0.717, 1.165) is 75.9 Å². The molecule has 0 bridgehead atoms. The predicted molar refractivity (Wildman–Crippen MR) is 131 cm³/mol. The SMILES string of the molecule is CN=C(NCCCOC1CCOC1)NCCCc1cn(-c2ccccc2)nc1C.I. The van der Waals surface area contributed by atoms with Gasteiger partial charge in [0, 0.05) is 39.5 Å². The van der Waals surface area contributed by atoms with Crippen LogP contribution in [0.3, 0.4) is 0 Å². The van der Waals surface area contributed by atoms with Crippen molar-refractivity contribution < 1.29 is 9.47 Å². The van der Waals surface area contributed by atoms with E-state index in [-0.39, 0.29) is 30.1 Å². The van der Waals surface area contributed by atoms with Crippen molar-refractivity contribution in [3.05, 3.63) is 47.8 Å². The van der Waals surface area contributed by atoms with Crippen molar-refractivity contribution in [3.63, 3.8) is 0 Å². The van der Waals surface area contributed by atoms with Gasteiger partial charge in [-0.25, -0.2) is 4.68 Å². The lowest BCUT2D eigenvalue weighted by Gasteiger charge is -2.13. The van der Waals surface area contributed by atoms with Gasteiger partial charge in [0.2, 0.25) is 0 Å². The first-order valence-electron chi connectivity index (χ1n) is 10.5. The molecular formula is C22H34IN5O2. The Morgan fingerprint density at radius 3 is 2.70 bits per heavy atom. The third-order valence-electron chi connectivity index (χ3n) is 5.02. The van der Waals surface area contributed by atoms with Crippen LogP contribution in [-0.2, 0) is 15.9 Å². The molecule has 1 atom stereocenters. The van der Waals surface area contributed by atoms with Crippen molar-refractivity contribution in [3.8, 4) is 5.69 Å². The largest absolute Gasteiger partial charge is 0.379 e. The van der Waals surface area contributed by atoms with Crippen LogP contribution in [0.1, 0.15) is 30.5 Å². The molecule has 1 saturated heterocycles. The molecule has 0 radical (unpaired) electrons. The van der Waals surface area contributed by atoms with Crippen LogP contribution in [0.15, 0.2) is 41.5 Å². The standard InChI is InChI=1S/C22H33N5O2.HI/c1-18-19(16-27(26-18)20-9-4-3-5-10-20)8-6-12-24-22(23-2)25-13-7-14-29-21-11-15-28-17-21;/h3-5,9-10,16,21H,6-8,11-15,17H2,1-2H3,(H2,23,24,25);1H. The molecule has 0 aliphatic carbocycles. The Labute approximate surface area is 196 Å². The van der Waals surface area contributed by atoms with E-state index in [1.165, 1.54) is 5.56 Å². The quantitative estimate of drug-likeness (QED) is 0.215. The third kappa shape index (κ3) is 7.88. The van der Waals surface area contributed by atoms with Gasteiger partial charge in [-0.1, -0.05) is 18.2 Å². The maximum atomic E-state index is 5.78. The molecule has 0 spiro atoms. The van der Waals surface area contributed by atoms with E-state index in [9.17, 15) is 0 Å². The summed E-state index contributed by atoms with van der Waals surface area (Å²) in [5.41, 5.74) is 3.46. The number of benzene rings is 1. The summed E-state index contributed by atoms with van der Waals surface area (Å²) < 4.78 is 13.0. The van der Waals surface area contributed by atoms with E-state index in [4.69, 9.17) is 9.47 Å². The minimum atomic E-state index is 0. The van der Waals surface area contributed by atoms with Crippen molar-refractivity contribution in [2.75, 3.05) is 40.0 Å². The fourth-order valence-corrected chi connectivity index (χ4v) is 3.33. The first-order valence-corrected chi connectivity index (χ1v) is 10.5. The van der Waals surface area contributed by atoms with Gasteiger partial charge in [-0.3, -0.25) is 4.99 Å². The zero-order valence-electron chi connectivity index (χ0n) is 18.0. The fraction of sp³-hybridized carbons (Fsp3) is 0.545. The number of aryl methyl sites for hydroxylation is 2. The van der Waals surface area contributed by atoms with Gasteiger partial charge < -0.3 is 20.1 Å². The van der Waals surface area contributed by atoms with E-state index < -0.39 is 0 Å². The summed E-state index contributed by atoms with van der Waals surface area (Å²) in [6.07, 6.45) is 6.39. The Hall–Kier alpha value is -1.65. The second kappa shape index (κ2) is 13.6. The number of nitrogens with one attached hydrogen (secondary N) is 2. The highest BCUT2D eigenvalue weighted by Crippen LogP contribution is 2.13. The first kappa shape index (κ1) is 24.6. The Balaban J connectivity index is 0.00000320. The summed E-state index contributed by atoms with van der Waals surface area (Å²) in [7, 11) is 1.80. The van der Waals surface area contributed by atoms with Gasteiger partial charge >= 0.3 is 0 Å². The van der Waals surface area contributed by atoms with Gasteiger partial charge in [-0.05, 0) is 50.3 Å². The normalized spacial score (nSPS) is 16.3. The molecule has 2 aromatic rings. The van der Waals surface area contributed by atoms with Crippen LogP contribution >= 0.6 is 24.0 Å². The second-order valence-electron chi connectivity index (χ2n) is 7.26. The van der Waals surface area contributed by atoms with Gasteiger partial charge in [0.1, 0.15) is 0 Å². The van der Waals surface area contributed by atoms with Crippen molar-refractivity contribution >= 4 is 29.9 Å². The topological polar surface area (TPSA) is 72.7 Å². The smallest absolute Gasteiger partial charge is 0.190 e. The summed E-state index contributed by atoms with van der Waals surface area (Å²) in [6, 6.07) is 10.2. The molecule has 1 fully saturated rings. The number of guanidine groups is 1. The Morgan fingerprint density at radius 2 is 2.00 bits per heavy atom. The average molecular weight is 527 g/mol. The molecule has 0 amide bonds. The van der Waals surface area contributed by atoms with Crippen molar-refractivity contribution in [2.24, 2.45) is 4.99 Å². The zero-order chi connectivity index (χ0) is 20.3. The van der Waals surface area contributed by atoms with Gasteiger partial charge in [0.15, 0.2) is 5.96 Å². The molecule has 0 saturated carbocycles. The predicted octanol–water partition coefficient (Wildman–Crippen LogP) is 3.09. The highest BCUT2D eigenvalue weighted by atomic mass is 127. The Kier molecular flexibility index (Phi) is 11.2. The number of hydrogen-bond donors (Lipinski definition) is 2. The summed E-state index contributed by atoms with van der Waals surface area (Å²) in [6.45, 7) is 6.10. The van der Waals surface area contributed by atoms with E-state index in [1.54, 1.807) is 7.05 Å². The summed E-state index contributed by atoms with van der Waals surface area (Å²) in [4.78, 5) is 4.29. The van der Waals surface area contributed by atoms with Crippen LogP contribution in [-0.4, -0.2) is 61.8 Å². The van der Waals surface area contributed by atoms with Gasteiger partial charge in [-0.2, -0.15) is 5.10 Å². The number of para-hydroxylation sites is 1. The Bertz CT molecular complexity index is 760. The minimum absolute atomic E-state index is 0. The second-order valence-corrected chi connectivity index (χ2v) is 7.26. The van der Waals surface area contributed by atoms with Crippen molar-refractivity contribution in [1.82, 2.24) is 20.4 Å². The number of halogens is 1. The number of aromatic nitrogens is 2. The summed E-state index contributed by atoms with van der Waals surface area (Å²) in [5.74, 6) is 0.839. The molecular weight excluding hydrogens is 493 g/mol. The minimum Gasteiger partial charge on any atom is -0.379 e. The molecule has 3 rings (SSSR count). The molecule has 166 valence electrons. The molecule has 2 heterocycles. The molecule has 30 heavy (non-hydrogen) atoms. The van der Waals surface area contributed by atoms with Crippen LogP contribution in [0, 0.1) is 6.92 Å². The van der Waals surface area contributed by atoms with E-state index in [1.807, 2.05) is 22.9 Å². The molecule has 1 aromatic carbocycles. The van der Waals surface area contributed by atoms with Gasteiger partial charge in [-0.15, -0.1) is 24.0 Å². The fourth-order valence-electron chi connectivity index (χ4n) is 3.33. The zero-order valence-corrected chi connectivity index (χ0v) is 20.3. The molecule has 8 heteroatoms. The van der Waals surface area contributed by atoms with E-state index in [2.05, 4.69) is 46.0 Å². The summed E-state index contributed by atoms with van der Waals surface area (Å²) in [5, 5.41) is 11.4. The number of hydrogen-bond acceptors (Lipinski definition) is 4. The lowest BCUT2D eigenvalue weighted by Crippen LogP contribution is -2.38. The number of rotatable bonds is 10. The van der Waals surface area contributed by atoms with E-state index in [0.29, 0.717) is 0 Å². The van der Waals surface area contributed by atoms with Crippen LogP contribution in [0.5, 0.6) is 0 Å². The Morgan fingerprint density at radius 1 is 1.23 bits per heavy atom. The number of ether oxygens (including phenoxy) is 2. The molecule has 1 aliphatic heterocycles. The maximum Gasteiger partial charge on any atom is 0.190 e. The number of aliphatic imine (C=N–C) groups is 1. The monoisotopic (exact) mass is 527 g/mol. The van der Waals surface area contributed by atoms with Crippen LogP contribution in [0.4, 0.5) is 0 Å². The first-order chi connectivity index (χ1) is 14.3. The molecule has 1 aliphatic rings. The van der Waals surface area contributed by atoms with Crippen LogP contribution in [0.2, 0.25) is 0 Å². The average Bonchev–Trinajstić information content (AvgIpc) is 3.40. The molecule has 1 unspecified atom stereocenters. The highest BCUT2D eigenvalue weighted by Gasteiger charge is 2.15. The van der Waals surface area contributed by atoms with Crippen LogP contribution < -0.4 is 10.6 Å². The number of nitrogens with zero attached hydrogens (tertiary/aromatic N) is 3. The van der Waals surface area contributed by atoms with Gasteiger partial charge in [0.05, 0.1) is 24.1 Å². The highest BCUT2D eigenvalue weighted by molar-refractivity contribution is 14.0. The summed E-state index contributed by atoms with van der Waals surface area (Å²) >= 11 is 0. The molecule has 2 N–H and O–H groups in total. The van der Waals surface area contributed by atoms with Crippen molar-refractivity contribution in [1.29, 1.82) is 0 Å². The lowest BCUT2D eigenvalue weighted by atomic mass is 10.1. The molecule has 7 nitrogen and oxygen atoms in total. The van der Waals surface area contributed by atoms with Crippen molar-refractivity contribution in [2.45, 2.75) is 38.7 Å².